The number of nitrogens with zero attached hydrogens (tertiary/aromatic N) is 2. The van der Waals surface area contributed by atoms with Crippen molar-refractivity contribution in [2.45, 2.75) is 12.8 Å². The van der Waals surface area contributed by atoms with Crippen molar-refractivity contribution in [3.63, 3.8) is 0 Å². The van der Waals surface area contributed by atoms with Gasteiger partial charge < -0.3 is 4.74 Å². The van der Waals surface area contributed by atoms with Crippen LogP contribution in [0.1, 0.15) is 12.8 Å². The second kappa shape index (κ2) is 10.7. The van der Waals surface area contributed by atoms with Gasteiger partial charge in [0.25, 0.3) is 0 Å². The van der Waals surface area contributed by atoms with Crippen LogP contribution in [-0.2, 0) is 14.3 Å². The molecule has 0 aromatic carbocycles. The molecule has 13 heavy (non-hydrogen) atoms. The fourth-order valence-electron chi connectivity index (χ4n) is 0.602. The Kier molecular flexibility index (Phi) is 9.66. The topological polar surface area (TPSA) is 68.1 Å². The van der Waals surface area contributed by atoms with Gasteiger partial charge in [-0.15, -0.1) is 0 Å². The van der Waals surface area contributed by atoms with Gasteiger partial charge in [0.05, 0.1) is 19.7 Å². The fourth-order valence-corrected chi connectivity index (χ4v) is 0.602. The van der Waals surface area contributed by atoms with Gasteiger partial charge in [-0.1, -0.05) is 0 Å². The lowest BCUT2D eigenvalue weighted by atomic mass is 10.4. The highest BCUT2D eigenvalue weighted by atomic mass is 16.5. The van der Waals surface area contributed by atoms with E-state index in [2.05, 4.69) is 9.98 Å². The van der Waals surface area contributed by atoms with Crippen LogP contribution in [0.3, 0.4) is 0 Å². The molecular formula is C8H11N2O3. The number of isocyanates is 2. The van der Waals surface area contributed by atoms with Crippen LogP contribution in [0, 0.1) is 6.61 Å². The highest BCUT2D eigenvalue weighted by molar-refractivity contribution is 5.32. The van der Waals surface area contributed by atoms with Gasteiger partial charge in [0.15, 0.2) is 0 Å². The number of carbonyl (C=O) groups excluding carboxylic acids is 2. The maximum Gasteiger partial charge on any atom is 0.234 e. The highest BCUT2D eigenvalue weighted by Gasteiger charge is 1.89. The minimum absolute atomic E-state index is 0.399. The van der Waals surface area contributed by atoms with E-state index >= 15 is 0 Å². The molecule has 0 unspecified atom stereocenters. The fraction of sp³-hybridized carbons (Fsp3) is 0.625. The van der Waals surface area contributed by atoms with E-state index < -0.39 is 0 Å². The zero-order valence-electron chi connectivity index (χ0n) is 7.23. The van der Waals surface area contributed by atoms with Gasteiger partial charge in [-0.05, 0) is 12.8 Å². The number of rotatable bonds is 8. The number of hydrogen-bond acceptors (Lipinski definition) is 5. The molecule has 0 saturated heterocycles. The summed E-state index contributed by atoms with van der Waals surface area (Å²) >= 11 is 0. The van der Waals surface area contributed by atoms with Gasteiger partial charge in [0.2, 0.25) is 12.2 Å². The lowest BCUT2D eigenvalue weighted by molar-refractivity contribution is 0.191. The smallest absolute Gasteiger partial charge is 0.234 e. The van der Waals surface area contributed by atoms with Crippen molar-refractivity contribution in [2.24, 2.45) is 9.98 Å². The van der Waals surface area contributed by atoms with Crippen molar-refractivity contribution in [3.05, 3.63) is 6.61 Å². The van der Waals surface area contributed by atoms with Gasteiger partial charge in [-0.2, -0.15) is 0 Å². The highest BCUT2D eigenvalue weighted by Crippen LogP contribution is 1.91. The molecule has 5 heteroatoms. The first-order valence-electron chi connectivity index (χ1n) is 3.92. The largest absolute Gasteiger partial charge is 0.375 e. The quantitative estimate of drug-likeness (QED) is 0.314. The predicted molar refractivity (Wildman–Crippen MR) is 45.5 cm³/mol. The van der Waals surface area contributed by atoms with Crippen LogP contribution in [0.15, 0.2) is 9.98 Å². The third-order valence-corrected chi connectivity index (χ3v) is 1.14. The first kappa shape index (κ1) is 11.7. The average Bonchev–Trinajstić information content (AvgIpc) is 2.16. The van der Waals surface area contributed by atoms with E-state index in [4.69, 9.17) is 4.74 Å². The Morgan fingerprint density at radius 3 is 2.54 bits per heavy atom. The lowest BCUT2D eigenvalue weighted by Gasteiger charge is -1.98. The van der Waals surface area contributed by atoms with Crippen LogP contribution in [0.5, 0.6) is 0 Å². The molecule has 71 valence electrons. The first-order valence-corrected chi connectivity index (χ1v) is 3.92. The SMILES string of the molecule is O=C=NCC[CH]OCCCN=C=O. The lowest BCUT2D eigenvalue weighted by Crippen LogP contribution is -1.95. The number of ether oxygens (including phenoxy) is 1. The zero-order valence-corrected chi connectivity index (χ0v) is 7.23. The summed E-state index contributed by atoms with van der Waals surface area (Å²) in [6.07, 6.45) is 4.14. The van der Waals surface area contributed by atoms with Gasteiger partial charge in [0, 0.05) is 6.61 Å². The van der Waals surface area contributed by atoms with E-state index in [0.29, 0.717) is 32.5 Å². The van der Waals surface area contributed by atoms with E-state index in [9.17, 15) is 9.59 Å². The summed E-state index contributed by atoms with van der Waals surface area (Å²) in [7, 11) is 0. The standard InChI is InChI=1S/C8H11N2O3/c11-7-9-3-1-5-13-6-2-4-10-8-12/h5H,1-4,6H2. The van der Waals surface area contributed by atoms with Gasteiger partial charge in [0.1, 0.15) is 0 Å². The predicted octanol–water partition coefficient (Wildman–Crippen LogP) is 0.617. The summed E-state index contributed by atoms with van der Waals surface area (Å²) in [5, 5.41) is 0. The molecular weight excluding hydrogens is 172 g/mol. The zero-order chi connectivity index (χ0) is 9.78. The van der Waals surface area contributed by atoms with Crippen LogP contribution in [-0.4, -0.2) is 31.9 Å². The van der Waals surface area contributed by atoms with E-state index in [1.807, 2.05) is 0 Å². The third-order valence-electron chi connectivity index (χ3n) is 1.14. The Morgan fingerprint density at radius 1 is 1.15 bits per heavy atom. The number of aliphatic imine (C=N–C) groups is 2. The summed E-state index contributed by atoms with van der Waals surface area (Å²) in [5.41, 5.74) is 0. The summed E-state index contributed by atoms with van der Waals surface area (Å²) in [5.74, 6) is 0. The van der Waals surface area contributed by atoms with Crippen LogP contribution in [0.4, 0.5) is 0 Å². The van der Waals surface area contributed by atoms with Crippen molar-refractivity contribution in [3.8, 4) is 0 Å². The molecule has 0 amide bonds. The maximum atomic E-state index is 9.62. The Labute approximate surface area is 76.5 Å². The molecule has 0 aliphatic carbocycles. The Bertz CT molecular complexity index is 183. The average molecular weight is 183 g/mol. The number of hydrogen-bond donors (Lipinski definition) is 0. The molecule has 0 N–H and O–H groups in total. The summed E-state index contributed by atoms with van der Waals surface area (Å²) in [6.45, 7) is 2.92. The van der Waals surface area contributed by atoms with Gasteiger partial charge in [-0.3, -0.25) is 0 Å². The Hall–Kier alpha value is -1.28. The van der Waals surface area contributed by atoms with Gasteiger partial charge in [-0.25, -0.2) is 19.6 Å². The van der Waals surface area contributed by atoms with E-state index in [0.717, 1.165) is 0 Å². The minimum atomic E-state index is 0.399. The molecule has 0 aliphatic heterocycles. The second-order valence-electron chi connectivity index (χ2n) is 2.13. The molecule has 0 atom stereocenters. The maximum absolute atomic E-state index is 9.62. The molecule has 0 bridgehead atoms. The van der Waals surface area contributed by atoms with Crippen molar-refractivity contribution in [2.75, 3.05) is 19.7 Å². The molecule has 1 radical (unpaired) electrons. The van der Waals surface area contributed by atoms with Crippen LogP contribution in [0.2, 0.25) is 0 Å². The van der Waals surface area contributed by atoms with Gasteiger partial charge >= 0.3 is 0 Å². The molecule has 0 fully saturated rings. The van der Waals surface area contributed by atoms with Crippen LogP contribution >= 0.6 is 0 Å². The van der Waals surface area contributed by atoms with Crippen LogP contribution in [0.25, 0.3) is 0 Å². The Balaban J connectivity index is 2.99. The molecule has 0 spiro atoms. The van der Waals surface area contributed by atoms with Crippen molar-refractivity contribution in [1.82, 2.24) is 0 Å². The Morgan fingerprint density at radius 2 is 1.85 bits per heavy atom. The van der Waals surface area contributed by atoms with Crippen LogP contribution < -0.4 is 0 Å². The summed E-state index contributed by atoms with van der Waals surface area (Å²) < 4.78 is 5.02. The molecule has 5 nitrogen and oxygen atoms in total. The summed E-state index contributed by atoms with van der Waals surface area (Å²) in [6, 6.07) is 0. The molecule has 0 aromatic rings. The molecule has 0 aliphatic rings. The normalized spacial score (nSPS) is 8.62. The monoisotopic (exact) mass is 183 g/mol. The first-order chi connectivity index (χ1) is 6.41. The molecule has 0 aromatic heterocycles. The van der Waals surface area contributed by atoms with Crippen molar-refractivity contribution < 1.29 is 14.3 Å². The van der Waals surface area contributed by atoms with Crippen molar-refractivity contribution >= 4 is 12.2 Å². The molecule has 0 saturated carbocycles. The van der Waals surface area contributed by atoms with E-state index in [1.165, 1.54) is 12.2 Å². The minimum Gasteiger partial charge on any atom is -0.375 e. The third kappa shape index (κ3) is 10.7. The summed E-state index contributed by atoms with van der Waals surface area (Å²) in [4.78, 5) is 25.9. The van der Waals surface area contributed by atoms with E-state index in [-0.39, 0.29) is 0 Å². The second-order valence-corrected chi connectivity index (χ2v) is 2.13. The molecule has 0 heterocycles. The molecule has 0 rings (SSSR count). The van der Waals surface area contributed by atoms with Crippen molar-refractivity contribution in [1.29, 1.82) is 0 Å². The van der Waals surface area contributed by atoms with E-state index in [1.54, 1.807) is 6.61 Å².